The second-order valence-electron chi connectivity index (χ2n) is 6.76. The second kappa shape index (κ2) is 8.75. The van der Waals surface area contributed by atoms with Crippen LogP contribution < -0.4 is 5.32 Å². The Kier molecular flexibility index (Phi) is 6.16. The number of hydrogen-bond donors (Lipinski definition) is 1. The zero-order valence-electron chi connectivity index (χ0n) is 15.0. The maximum atomic E-state index is 13.0. The SMILES string of the molecule is O=C(NCCc1ccc(F)cc1)[C@@H]1CCCN(C(=O)c2ccc(F)cc2)C1. The third kappa shape index (κ3) is 5.12. The van der Waals surface area contributed by atoms with Crippen molar-refractivity contribution in [3.63, 3.8) is 0 Å². The van der Waals surface area contributed by atoms with Gasteiger partial charge in [0.15, 0.2) is 0 Å². The molecule has 0 radical (unpaired) electrons. The van der Waals surface area contributed by atoms with Crippen molar-refractivity contribution in [2.75, 3.05) is 19.6 Å². The molecule has 2 aromatic carbocycles. The maximum Gasteiger partial charge on any atom is 0.253 e. The summed E-state index contributed by atoms with van der Waals surface area (Å²) in [4.78, 5) is 26.6. The summed E-state index contributed by atoms with van der Waals surface area (Å²) in [5, 5.41) is 2.90. The minimum absolute atomic E-state index is 0.0753. The molecule has 0 spiro atoms. The third-order valence-corrected chi connectivity index (χ3v) is 4.80. The van der Waals surface area contributed by atoms with Crippen molar-refractivity contribution in [1.29, 1.82) is 0 Å². The quantitative estimate of drug-likeness (QED) is 0.876. The Hall–Kier alpha value is -2.76. The first-order chi connectivity index (χ1) is 13.0. The van der Waals surface area contributed by atoms with Crippen LogP contribution in [0.2, 0.25) is 0 Å². The van der Waals surface area contributed by atoms with Crippen molar-refractivity contribution in [2.45, 2.75) is 19.3 Å². The van der Waals surface area contributed by atoms with Crippen LogP contribution in [0.3, 0.4) is 0 Å². The molecule has 0 saturated carbocycles. The molecule has 1 heterocycles. The summed E-state index contributed by atoms with van der Waals surface area (Å²) in [5.74, 6) is -1.18. The molecule has 27 heavy (non-hydrogen) atoms. The summed E-state index contributed by atoms with van der Waals surface area (Å²) in [7, 11) is 0. The predicted octanol–water partition coefficient (Wildman–Crippen LogP) is 3.18. The summed E-state index contributed by atoms with van der Waals surface area (Å²) >= 11 is 0. The van der Waals surface area contributed by atoms with E-state index in [0.29, 0.717) is 31.6 Å². The van der Waals surface area contributed by atoms with Gasteiger partial charge in [-0.05, 0) is 61.2 Å². The fraction of sp³-hybridized carbons (Fsp3) is 0.333. The molecular formula is C21H22F2N2O2. The van der Waals surface area contributed by atoms with Gasteiger partial charge < -0.3 is 10.2 Å². The van der Waals surface area contributed by atoms with Gasteiger partial charge >= 0.3 is 0 Å². The lowest BCUT2D eigenvalue weighted by Gasteiger charge is -2.32. The van der Waals surface area contributed by atoms with Gasteiger partial charge in [-0.1, -0.05) is 12.1 Å². The molecule has 1 saturated heterocycles. The van der Waals surface area contributed by atoms with E-state index in [1.165, 1.54) is 36.4 Å². The number of nitrogens with zero attached hydrogens (tertiary/aromatic N) is 1. The van der Waals surface area contributed by atoms with Crippen molar-refractivity contribution < 1.29 is 18.4 Å². The summed E-state index contributed by atoms with van der Waals surface area (Å²) in [6, 6.07) is 11.6. The highest BCUT2D eigenvalue weighted by Gasteiger charge is 2.28. The standard InChI is InChI=1S/C21H22F2N2O2/c22-18-7-3-15(4-8-18)11-12-24-20(26)17-2-1-13-25(14-17)21(27)16-5-9-19(23)10-6-16/h3-10,17H,1-2,11-14H2,(H,24,26)/t17-/m1/s1. The molecule has 0 aliphatic carbocycles. The van der Waals surface area contributed by atoms with E-state index in [-0.39, 0.29) is 29.4 Å². The minimum atomic E-state index is -0.386. The average molecular weight is 372 g/mol. The van der Waals surface area contributed by atoms with Crippen molar-refractivity contribution in [2.24, 2.45) is 5.92 Å². The molecule has 1 N–H and O–H groups in total. The molecule has 1 aliphatic rings. The number of piperidine rings is 1. The Balaban J connectivity index is 1.50. The van der Waals surface area contributed by atoms with E-state index in [9.17, 15) is 18.4 Å². The molecule has 3 rings (SSSR count). The van der Waals surface area contributed by atoms with E-state index < -0.39 is 0 Å². The molecule has 1 fully saturated rings. The molecule has 2 amide bonds. The number of nitrogens with one attached hydrogen (secondary N) is 1. The van der Waals surface area contributed by atoms with E-state index in [1.807, 2.05) is 0 Å². The monoisotopic (exact) mass is 372 g/mol. The summed E-state index contributed by atoms with van der Waals surface area (Å²) in [6.45, 7) is 1.42. The number of carbonyl (C=O) groups excluding carboxylic acids is 2. The van der Waals surface area contributed by atoms with Crippen LogP contribution >= 0.6 is 0 Å². The first-order valence-corrected chi connectivity index (χ1v) is 9.10. The minimum Gasteiger partial charge on any atom is -0.355 e. The van der Waals surface area contributed by atoms with E-state index in [0.717, 1.165) is 18.4 Å². The summed E-state index contributed by atoms with van der Waals surface area (Å²) in [5.41, 5.74) is 1.38. The van der Waals surface area contributed by atoms with Crippen LogP contribution in [0.15, 0.2) is 48.5 Å². The smallest absolute Gasteiger partial charge is 0.253 e. The Labute approximate surface area is 157 Å². The number of halogens is 2. The molecule has 1 aliphatic heterocycles. The van der Waals surface area contributed by atoms with Gasteiger partial charge in [0, 0.05) is 25.2 Å². The molecule has 0 aromatic heterocycles. The van der Waals surface area contributed by atoms with Crippen LogP contribution in [0.1, 0.15) is 28.8 Å². The van der Waals surface area contributed by atoms with Gasteiger partial charge in [0.1, 0.15) is 11.6 Å². The van der Waals surface area contributed by atoms with Gasteiger partial charge in [-0.3, -0.25) is 9.59 Å². The van der Waals surface area contributed by atoms with Crippen LogP contribution in [-0.2, 0) is 11.2 Å². The normalized spacial score (nSPS) is 16.8. The lowest BCUT2D eigenvalue weighted by Crippen LogP contribution is -2.45. The Morgan fingerprint density at radius 1 is 1.00 bits per heavy atom. The van der Waals surface area contributed by atoms with Crippen LogP contribution in [0, 0.1) is 17.6 Å². The zero-order chi connectivity index (χ0) is 19.2. The van der Waals surface area contributed by atoms with Crippen LogP contribution in [0.4, 0.5) is 8.78 Å². The molecule has 2 aromatic rings. The molecule has 4 nitrogen and oxygen atoms in total. The fourth-order valence-corrected chi connectivity index (χ4v) is 3.28. The Morgan fingerprint density at radius 3 is 2.30 bits per heavy atom. The number of rotatable bonds is 5. The van der Waals surface area contributed by atoms with E-state index in [4.69, 9.17) is 0 Å². The van der Waals surface area contributed by atoms with E-state index in [1.54, 1.807) is 17.0 Å². The summed E-state index contributed by atoms with van der Waals surface area (Å²) < 4.78 is 25.9. The molecule has 1 atom stereocenters. The number of carbonyl (C=O) groups is 2. The molecule has 0 bridgehead atoms. The first-order valence-electron chi connectivity index (χ1n) is 9.10. The number of hydrogen-bond acceptors (Lipinski definition) is 2. The second-order valence-corrected chi connectivity index (χ2v) is 6.76. The lowest BCUT2D eigenvalue weighted by molar-refractivity contribution is -0.126. The van der Waals surface area contributed by atoms with Gasteiger partial charge in [0.2, 0.25) is 5.91 Å². The number of benzene rings is 2. The van der Waals surface area contributed by atoms with Crippen molar-refractivity contribution >= 4 is 11.8 Å². The highest BCUT2D eigenvalue weighted by molar-refractivity contribution is 5.94. The highest BCUT2D eigenvalue weighted by Crippen LogP contribution is 2.19. The number of amides is 2. The largest absolute Gasteiger partial charge is 0.355 e. The Morgan fingerprint density at radius 2 is 1.63 bits per heavy atom. The maximum absolute atomic E-state index is 13.0. The van der Waals surface area contributed by atoms with Gasteiger partial charge in [0.25, 0.3) is 5.91 Å². The Bertz CT molecular complexity index is 791. The van der Waals surface area contributed by atoms with Gasteiger partial charge in [-0.15, -0.1) is 0 Å². The van der Waals surface area contributed by atoms with E-state index >= 15 is 0 Å². The highest BCUT2D eigenvalue weighted by atomic mass is 19.1. The van der Waals surface area contributed by atoms with Crippen LogP contribution in [0.25, 0.3) is 0 Å². The average Bonchev–Trinajstić information content (AvgIpc) is 2.69. The van der Waals surface area contributed by atoms with Crippen molar-refractivity contribution in [1.82, 2.24) is 10.2 Å². The van der Waals surface area contributed by atoms with Gasteiger partial charge in [-0.25, -0.2) is 8.78 Å². The van der Waals surface area contributed by atoms with Crippen LogP contribution in [0.5, 0.6) is 0 Å². The number of likely N-dealkylation sites (tertiary alicyclic amines) is 1. The van der Waals surface area contributed by atoms with Crippen molar-refractivity contribution in [3.8, 4) is 0 Å². The fourth-order valence-electron chi connectivity index (χ4n) is 3.28. The van der Waals surface area contributed by atoms with Gasteiger partial charge in [-0.2, -0.15) is 0 Å². The first kappa shape index (κ1) is 19.0. The van der Waals surface area contributed by atoms with Gasteiger partial charge in [0.05, 0.1) is 5.92 Å². The van der Waals surface area contributed by atoms with Crippen molar-refractivity contribution in [3.05, 3.63) is 71.3 Å². The molecule has 6 heteroatoms. The predicted molar refractivity (Wildman–Crippen MR) is 98.1 cm³/mol. The molecule has 0 unspecified atom stereocenters. The van der Waals surface area contributed by atoms with E-state index in [2.05, 4.69) is 5.32 Å². The van der Waals surface area contributed by atoms with Crippen LogP contribution in [-0.4, -0.2) is 36.3 Å². The topological polar surface area (TPSA) is 49.4 Å². The zero-order valence-corrected chi connectivity index (χ0v) is 15.0. The third-order valence-electron chi connectivity index (χ3n) is 4.80. The molecule has 142 valence electrons. The molecular weight excluding hydrogens is 350 g/mol. The summed E-state index contributed by atoms with van der Waals surface area (Å²) in [6.07, 6.45) is 2.11. The lowest BCUT2D eigenvalue weighted by atomic mass is 9.96.